The molecule has 0 aromatic carbocycles. The summed E-state index contributed by atoms with van der Waals surface area (Å²) in [6.07, 6.45) is 3.25. The number of carbonyl (C=O) groups excluding carboxylic acids is 1. The minimum atomic E-state index is -0.179. The van der Waals surface area contributed by atoms with Gasteiger partial charge in [-0.05, 0) is 26.0 Å². The van der Waals surface area contributed by atoms with Gasteiger partial charge >= 0.3 is 0 Å². The van der Waals surface area contributed by atoms with Gasteiger partial charge in [-0.3, -0.25) is 4.79 Å². The largest absolute Gasteiger partial charge is 0.463 e. The second kappa shape index (κ2) is 7.53. The van der Waals surface area contributed by atoms with Crippen LogP contribution in [0.15, 0.2) is 35.1 Å². The van der Waals surface area contributed by atoms with Crippen LogP contribution in [0.25, 0.3) is 11.5 Å². The van der Waals surface area contributed by atoms with Gasteiger partial charge in [0.15, 0.2) is 10.9 Å². The second-order valence-electron chi connectivity index (χ2n) is 6.63. The van der Waals surface area contributed by atoms with Crippen LogP contribution in [0.2, 0.25) is 0 Å². The van der Waals surface area contributed by atoms with Crippen LogP contribution < -0.4 is 15.5 Å². The molecule has 1 saturated heterocycles. The molecule has 1 aliphatic rings. The minimum Gasteiger partial charge on any atom is -0.463 e. The fraction of sp³-hybridized carbons (Fsp3) is 0.389. The Morgan fingerprint density at radius 1 is 1.37 bits per heavy atom. The molecule has 0 radical (unpaired) electrons. The summed E-state index contributed by atoms with van der Waals surface area (Å²) in [5.41, 5.74) is 0.690. The van der Waals surface area contributed by atoms with Gasteiger partial charge in [-0.25, -0.2) is 9.67 Å². The van der Waals surface area contributed by atoms with Gasteiger partial charge in [0.1, 0.15) is 16.4 Å². The fourth-order valence-electron chi connectivity index (χ4n) is 2.98. The van der Waals surface area contributed by atoms with Gasteiger partial charge in [-0.15, -0.1) is 0 Å². The molecular weight excluding hydrogens is 364 g/mol. The summed E-state index contributed by atoms with van der Waals surface area (Å²) in [6, 6.07) is 5.59. The number of nitrogens with one attached hydrogen (secondary N) is 2. The molecule has 27 heavy (non-hydrogen) atoms. The number of hydrogen-bond donors (Lipinski definition) is 2. The van der Waals surface area contributed by atoms with Gasteiger partial charge < -0.3 is 20.0 Å². The minimum absolute atomic E-state index is 0.0990. The Bertz CT molecular complexity index is 908. The lowest BCUT2D eigenvalue weighted by Crippen LogP contribution is -2.43. The Morgan fingerprint density at radius 2 is 2.19 bits per heavy atom. The molecule has 1 aliphatic heterocycles. The number of furan rings is 1. The smallest absolute Gasteiger partial charge is 0.268 e. The zero-order chi connectivity index (χ0) is 18.8. The lowest BCUT2D eigenvalue weighted by molar-refractivity contribution is 0.102. The highest BCUT2D eigenvalue weighted by Gasteiger charge is 2.20. The van der Waals surface area contributed by atoms with E-state index in [0.717, 1.165) is 31.3 Å². The van der Waals surface area contributed by atoms with Crippen molar-refractivity contribution in [3.8, 4) is 11.5 Å². The van der Waals surface area contributed by atoms with Crippen molar-refractivity contribution in [1.29, 1.82) is 0 Å². The molecule has 4 rings (SSSR count). The Kier molecular flexibility index (Phi) is 4.95. The van der Waals surface area contributed by atoms with Crippen molar-refractivity contribution >= 4 is 28.2 Å². The molecule has 142 valence electrons. The maximum atomic E-state index is 12.7. The quantitative estimate of drug-likeness (QED) is 0.701. The Morgan fingerprint density at radius 3 is 2.89 bits per heavy atom. The van der Waals surface area contributed by atoms with Crippen molar-refractivity contribution in [2.75, 3.05) is 36.4 Å². The molecule has 0 saturated carbocycles. The lowest BCUT2D eigenvalue weighted by Gasteiger charge is -2.26. The zero-order valence-corrected chi connectivity index (χ0v) is 16.1. The molecule has 0 spiro atoms. The molecular formula is C18H22N6O2S. The third-order valence-corrected chi connectivity index (χ3v) is 5.40. The van der Waals surface area contributed by atoms with Crippen LogP contribution in [0.3, 0.4) is 0 Å². The van der Waals surface area contributed by atoms with Gasteiger partial charge in [0.2, 0.25) is 0 Å². The van der Waals surface area contributed by atoms with Gasteiger partial charge in [-0.1, -0.05) is 11.3 Å². The standard InChI is InChI=1S/C18H22N6O2S/c1-12(2)24-16(10-13(22-24)14-4-3-9-26-14)21-17(25)15-11-20-18(27-15)23-7-5-19-6-8-23/h3-4,9-12,19H,5-8H2,1-2H3,(H,21,25). The van der Waals surface area contributed by atoms with Gasteiger partial charge in [0.05, 0.1) is 12.5 Å². The average molecular weight is 386 g/mol. The van der Waals surface area contributed by atoms with Crippen LogP contribution in [-0.2, 0) is 0 Å². The average Bonchev–Trinajstić information content (AvgIpc) is 3.42. The summed E-state index contributed by atoms with van der Waals surface area (Å²) in [6.45, 7) is 7.71. The first-order valence-electron chi connectivity index (χ1n) is 8.98. The van der Waals surface area contributed by atoms with Crippen LogP contribution in [0.5, 0.6) is 0 Å². The molecule has 0 bridgehead atoms. The highest BCUT2D eigenvalue weighted by molar-refractivity contribution is 7.17. The van der Waals surface area contributed by atoms with E-state index >= 15 is 0 Å². The molecule has 4 heterocycles. The van der Waals surface area contributed by atoms with E-state index in [2.05, 4.69) is 25.6 Å². The molecule has 0 atom stereocenters. The fourth-order valence-corrected chi connectivity index (χ4v) is 3.84. The number of rotatable bonds is 5. The van der Waals surface area contributed by atoms with Crippen molar-refractivity contribution in [3.05, 3.63) is 35.5 Å². The number of amides is 1. The highest BCUT2D eigenvalue weighted by Crippen LogP contribution is 2.27. The highest BCUT2D eigenvalue weighted by atomic mass is 32.1. The first-order valence-corrected chi connectivity index (χ1v) is 9.80. The number of nitrogens with zero attached hydrogens (tertiary/aromatic N) is 4. The molecule has 2 N–H and O–H groups in total. The number of carbonyl (C=O) groups is 1. The summed E-state index contributed by atoms with van der Waals surface area (Å²) in [4.78, 5) is 20.0. The maximum absolute atomic E-state index is 12.7. The van der Waals surface area contributed by atoms with Crippen molar-refractivity contribution in [2.45, 2.75) is 19.9 Å². The lowest BCUT2D eigenvalue weighted by atomic mass is 10.3. The van der Waals surface area contributed by atoms with Crippen molar-refractivity contribution < 1.29 is 9.21 Å². The predicted octanol–water partition coefficient (Wildman–Crippen LogP) is 2.84. The van der Waals surface area contributed by atoms with Crippen LogP contribution in [0.1, 0.15) is 29.6 Å². The molecule has 8 nitrogen and oxygen atoms in total. The van der Waals surface area contributed by atoms with E-state index in [9.17, 15) is 4.79 Å². The van der Waals surface area contributed by atoms with Gasteiger partial charge in [0.25, 0.3) is 5.91 Å². The first kappa shape index (κ1) is 17.7. The molecule has 9 heteroatoms. The zero-order valence-electron chi connectivity index (χ0n) is 15.3. The summed E-state index contributed by atoms with van der Waals surface area (Å²) in [7, 11) is 0. The number of piperazine rings is 1. The Balaban J connectivity index is 1.53. The number of thiazole rings is 1. The molecule has 1 fully saturated rings. The topological polar surface area (TPSA) is 88.2 Å². The van der Waals surface area contributed by atoms with Crippen molar-refractivity contribution in [2.24, 2.45) is 0 Å². The summed E-state index contributed by atoms with van der Waals surface area (Å²) in [5.74, 6) is 1.13. The first-order chi connectivity index (χ1) is 13.1. The Hall–Kier alpha value is -2.65. The van der Waals surface area contributed by atoms with E-state index in [-0.39, 0.29) is 11.9 Å². The molecule has 0 unspecified atom stereocenters. The van der Waals surface area contributed by atoms with E-state index in [1.54, 1.807) is 17.1 Å². The maximum Gasteiger partial charge on any atom is 0.268 e. The van der Waals surface area contributed by atoms with Gasteiger partial charge in [0, 0.05) is 38.3 Å². The summed E-state index contributed by atoms with van der Waals surface area (Å²) in [5, 5.41) is 11.7. The van der Waals surface area contributed by atoms with E-state index in [4.69, 9.17) is 4.42 Å². The Labute approximate surface area is 161 Å². The van der Waals surface area contributed by atoms with Crippen LogP contribution in [-0.4, -0.2) is 46.9 Å². The van der Waals surface area contributed by atoms with E-state index in [1.807, 2.05) is 32.0 Å². The van der Waals surface area contributed by atoms with E-state index < -0.39 is 0 Å². The molecule has 1 amide bonds. The summed E-state index contributed by atoms with van der Waals surface area (Å²) < 4.78 is 7.21. The van der Waals surface area contributed by atoms with E-state index in [1.165, 1.54) is 11.3 Å². The monoisotopic (exact) mass is 386 g/mol. The van der Waals surface area contributed by atoms with E-state index in [0.29, 0.717) is 22.1 Å². The van der Waals surface area contributed by atoms with Crippen LogP contribution in [0, 0.1) is 0 Å². The number of anilines is 2. The van der Waals surface area contributed by atoms with Crippen molar-refractivity contribution in [3.63, 3.8) is 0 Å². The van der Waals surface area contributed by atoms with Crippen molar-refractivity contribution in [1.82, 2.24) is 20.1 Å². The summed E-state index contributed by atoms with van der Waals surface area (Å²) >= 11 is 1.41. The third kappa shape index (κ3) is 3.74. The molecule has 3 aromatic heterocycles. The SMILES string of the molecule is CC(C)n1nc(-c2ccco2)cc1NC(=O)c1cnc(N2CCNCC2)s1. The third-order valence-electron chi connectivity index (χ3n) is 4.34. The van der Waals surface area contributed by atoms with Crippen LogP contribution >= 0.6 is 11.3 Å². The predicted molar refractivity (Wildman–Crippen MR) is 105 cm³/mol. The normalized spacial score (nSPS) is 14.7. The number of aromatic nitrogens is 3. The van der Waals surface area contributed by atoms with Gasteiger partial charge in [-0.2, -0.15) is 5.10 Å². The van der Waals surface area contributed by atoms with Crippen LogP contribution in [0.4, 0.5) is 10.9 Å². The molecule has 0 aliphatic carbocycles. The number of hydrogen-bond acceptors (Lipinski definition) is 7. The second-order valence-corrected chi connectivity index (χ2v) is 7.64. The molecule has 3 aromatic rings.